The van der Waals surface area contributed by atoms with Gasteiger partial charge in [0.15, 0.2) is 0 Å². The second-order valence-electron chi connectivity index (χ2n) is 5.34. The van der Waals surface area contributed by atoms with E-state index in [1.807, 2.05) is 19.2 Å². The van der Waals surface area contributed by atoms with Crippen LogP contribution in [0.15, 0.2) is 18.3 Å². The van der Waals surface area contributed by atoms with E-state index < -0.39 is 0 Å². The van der Waals surface area contributed by atoms with Gasteiger partial charge in [0.25, 0.3) is 0 Å². The van der Waals surface area contributed by atoms with Gasteiger partial charge in [0.05, 0.1) is 0 Å². The van der Waals surface area contributed by atoms with E-state index >= 15 is 0 Å². The number of amides is 1. The van der Waals surface area contributed by atoms with Gasteiger partial charge in [-0.05, 0) is 37.3 Å². The molecule has 2 heterocycles. The fourth-order valence-corrected chi connectivity index (χ4v) is 2.48. The highest BCUT2D eigenvalue weighted by molar-refractivity contribution is 5.79. The monoisotopic (exact) mass is 232 g/mol. The molecule has 1 unspecified atom stereocenters. The maximum Gasteiger partial charge on any atom is 0.220 e. The lowest BCUT2D eigenvalue weighted by Crippen LogP contribution is -2.48. The smallest absolute Gasteiger partial charge is 0.220 e. The second-order valence-corrected chi connectivity index (χ2v) is 5.34. The van der Waals surface area contributed by atoms with Crippen molar-refractivity contribution >= 4 is 5.91 Å². The molecule has 1 amide bonds. The molecule has 0 aromatic carbocycles. The van der Waals surface area contributed by atoms with E-state index in [1.54, 1.807) is 0 Å². The summed E-state index contributed by atoms with van der Waals surface area (Å²) in [5.41, 5.74) is 2.16. The fraction of sp³-hybridized carbons (Fsp3) is 0.571. The molecule has 0 saturated carbocycles. The van der Waals surface area contributed by atoms with Crippen molar-refractivity contribution in [3.05, 3.63) is 29.6 Å². The highest BCUT2D eigenvalue weighted by atomic mass is 16.2. The van der Waals surface area contributed by atoms with Crippen molar-refractivity contribution in [1.29, 1.82) is 0 Å². The molecule has 3 nitrogen and oxygen atoms in total. The van der Waals surface area contributed by atoms with Crippen molar-refractivity contribution in [3.8, 4) is 0 Å². The Morgan fingerprint density at radius 1 is 1.47 bits per heavy atom. The molecule has 1 saturated heterocycles. The summed E-state index contributed by atoms with van der Waals surface area (Å²) in [6, 6.07) is 4.14. The van der Waals surface area contributed by atoms with Gasteiger partial charge >= 0.3 is 0 Å². The molecule has 3 heteroatoms. The molecular weight excluding hydrogens is 212 g/mol. The van der Waals surface area contributed by atoms with Gasteiger partial charge in [-0.25, -0.2) is 0 Å². The lowest BCUT2D eigenvalue weighted by Gasteiger charge is -2.33. The normalized spacial score (nSPS) is 24.1. The van der Waals surface area contributed by atoms with Gasteiger partial charge in [0.1, 0.15) is 0 Å². The highest BCUT2D eigenvalue weighted by Gasteiger charge is 2.40. The maximum absolute atomic E-state index is 11.5. The number of carbonyl (C=O) groups is 1. The molecule has 0 bridgehead atoms. The molecule has 1 atom stereocenters. The summed E-state index contributed by atoms with van der Waals surface area (Å²) >= 11 is 0. The Morgan fingerprint density at radius 3 is 2.71 bits per heavy atom. The van der Waals surface area contributed by atoms with Gasteiger partial charge in [0, 0.05) is 23.9 Å². The Balaban J connectivity index is 2.19. The Labute approximate surface area is 103 Å². The van der Waals surface area contributed by atoms with Gasteiger partial charge in [0.2, 0.25) is 5.91 Å². The van der Waals surface area contributed by atoms with Crippen LogP contribution in [0.3, 0.4) is 0 Å². The van der Waals surface area contributed by atoms with Crippen molar-refractivity contribution in [2.45, 2.75) is 45.6 Å². The van der Waals surface area contributed by atoms with Crippen LogP contribution in [0, 0.1) is 12.8 Å². The minimum absolute atomic E-state index is 0.0754. The fourth-order valence-electron chi connectivity index (χ4n) is 2.48. The van der Waals surface area contributed by atoms with Crippen LogP contribution >= 0.6 is 0 Å². The molecule has 0 aliphatic carbocycles. The van der Waals surface area contributed by atoms with Crippen LogP contribution in [-0.2, 0) is 11.2 Å². The van der Waals surface area contributed by atoms with Crippen molar-refractivity contribution in [1.82, 2.24) is 10.3 Å². The number of aromatic nitrogens is 1. The minimum Gasteiger partial charge on any atom is -0.350 e. The standard InChI is InChI=1S/C14H20N2O/c1-10(2)14(7-6-13(17)16-14)8-12-5-4-11(3)15-9-12/h4-5,9-10H,6-8H2,1-3H3,(H,16,17). The first-order valence-corrected chi connectivity index (χ1v) is 6.24. The Bertz CT molecular complexity index is 411. The van der Waals surface area contributed by atoms with E-state index in [1.165, 1.54) is 5.56 Å². The Hall–Kier alpha value is -1.38. The van der Waals surface area contributed by atoms with Gasteiger partial charge in [-0.1, -0.05) is 19.9 Å². The van der Waals surface area contributed by atoms with Crippen LogP contribution in [0.2, 0.25) is 0 Å². The number of rotatable bonds is 3. The van der Waals surface area contributed by atoms with Crippen LogP contribution < -0.4 is 5.32 Å². The molecule has 17 heavy (non-hydrogen) atoms. The Kier molecular flexibility index (Phi) is 3.18. The van der Waals surface area contributed by atoms with Gasteiger partial charge in [-0.15, -0.1) is 0 Å². The van der Waals surface area contributed by atoms with Crippen LogP contribution in [0.4, 0.5) is 0 Å². The summed E-state index contributed by atoms with van der Waals surface area (Å²) < 4.78 is 0. The van der Waals surface area contributed by atoms with Gasteiger partial charge < -0.3 is 5.32 Å². The quantitative estimate of drug-likeness (QED) is 0.868. The first-order chi connectivity index (χ1) is 8.02. The SMILES string of the molecule is Cc1ccc(CC2(C(C)C)CCC(=O)N2)cn1. The lowest BCUT2D eigenvalue weighted by molar-refractivity contribution is -0.120. The van der Waals surface area contributed by atoms with Crippen LogP contribution in [0.5, 0.6) is 0 Å². The molecule has 0 spiro atoms. The molecule has 1 aromatic heterocycles. The average molecular weight is 232 g/mol. The topological polar surface area (TPSA) is 42.0 Å². The van der Waals surface area contributed by atoms with E-state index in [-0.39, 0.29) is 11.4 Å². The third-order valence-corrected chi connectivity index (χ3v) is 3.78. The molecular formula is C14H20N2O. The number of aryl methyl sites for hydroxylation is 1. The first kappa shape index (κ1) is 12.1. The lowest BCUT2D eigenvalue weighted by atomic mass is 9.80. The molecule has 92 valence electrons. The average Bonchev–Trinajstić information content (AvgIpc) is 2.65. The zero-order valence-corrected chi connectivity index (χ0v) is 10.8. The highest BCUT2D eigenvalue weighted by Crippen LogP contribution is 2.31. The summed E-state index contributed by atoms with van der Waals surface area (Å²) in [6.45, 7) is 6.33. The third kappa shape index (κ3) is 2.48. The number of hydrogen-bond donors (Lipinski definition) is 1. The van der Waals surface area contributed by atoms with E-state index in [4.69, 9.17) is 0 Å². The molecule has 1 N–H and O–H groups in total. The number of carbonyl (C=O) groups excluding carboxylic acids is 1. The van der Waals surface area contributed by atoms with E-state index in [0.29, 0.717) is 12.3 Å². The van der Waals surface area contributed by atoms with E-state index in [2.05, 4.69) is 30.2 Å². The maximum atomic E-state index is 11.5. The van der Waals surface area contributed by atoms with Crippen molar-refractivity contribution in [3.63, 3.8) is 0 Å². The van der Waals surface area contributed by atoms with Crippen LogP contribution in [0.25, 0.3) is 0 Å². The van der Waals surface area contributed by atoms with E-state index in [0.717, 1.165) is 18.5 Å². The van der Waals surface area contributed by atoms with Crippen LogP contribution in [0.1, 0.15) is 37.9 Å². The number of nitrogens with zero attached hydrogens (tertiary/aromatic N) is 1. The molecule has 1 aliphatic rings. The number of nitrogens with one attached hydrogen (secondary N) is 1. The van der Waals surface area contributed by atoms with Crippen molar-refractivity contribution in [2.24, 2.45) is 5.92 Å². The van der Waals surface area contributed by atoms with Crippen LogP contribution in [-0.4, -0.2) is 16.4 Å². The predicted molar refractivity (Wildman–Crippen MR) is 67.6 cm³/mol. The largest absolute Gasteiger partial charge is 0.350 e. The Morgan fingerprint density at radius 2 is 2.24 bits per heavy atom. The molecule has 0 radical (unpaired) electrons. The number of pyridine rings is 1. The summed E-state index contributed by atoms with van der Waals surface area (Å²) in [5.74, 6) is 0.619. The molecule has 1 aromatic rings. The summed E-state index contributed by atoms with van der Waals surface area (Å²) in [7, 11) is 0. The minimum atomic E-state index is -0.0754. The van der Waals surface area contributed by atoms with Gasteiger partial charge in [-0.2, -0.15) is 0 Å². The van der Waals surface area contributed by atoms with Crippen molar-refractivity contribution < 1.29 is 4.79 Å². The zero-order valence-electron chi connectivity index (χ0n) is 10.8. The van der Waals surface area contributed by atoms with E-state index in [9.17, 15) is 4.79 Å². The molecule has 1 fully saturated rings. The van der Waals surface area contributed by atoms with Crippen molar-refractivity contribution in [2.75, 3.05) is 0 Å². The first-order valence-electron chi connectivity index (χ1n) is 6.24. The summed E-state index contributed by atoms with van der Waals surface area (Å²) in [6.07, 6.45) is 4.38. The second kappa shape index (κ2) is 4.47. The predicted octanol–water partition coefficient (Wildman–Crippen LogP) is 2.24. The number of hydrogen-bond acceptors (Lipinski definition) is 2. The zero-order chi connectivity index (χ0) is 12.5. The molecule has 1 aliphatic heterocycles. The summed E-state index contributed by atoms with van der Waals surface area (Å²) in [4.78, 5) is 15.8. The summed E-state index contributed by atoms with van der Waals surface area (Å²) in [5, 5.41) is 3.16. The van der Waals surface area contributed by atoms with Gasteiger partial charge in [-0.3, -0.25) is 9.78 Å². The third-order valence-electron chi connectivity index (χ3n) is 3.78. The molecule has 2 rings (SSSR count).